The zero-order chi connectivity index (χ0) is 14.7. The lowest BCUT2D eigenvalue weighted by molar-refractivity contribution is -0.112. The number of nitrogens with two attached hydrogens (primary N) is 1. The highest BCUT2D eigenvalue weighted by Crippen LogP contribution is 2.66. The molecule has 0 radical (unpaired) electrons. The molecule has 4 aliphatic rings. The molecule has 4 fully saturated rings. The summed E-state index contributed by atoms with van der Waals surface area (Å²) in [6.45, 7) is 2.52. The van der Waals surface area contributed by atoms with Gasteiger partial charge in [-0.2, -0.15) is 0 Å². The first-order valence-electron chi connectivity index (χ1n) is 8.31. The van der Waals surface area contributed by atoms with Crippen molar-refractivity contribution in [3.63, 3.8) is 0 Å². The van der Waals surface area contributed by atoms with Crippen LogP contribution in [0, 0.1) is 22.7 Å². The Morgan fingerprint density at radius 2 is 2.00 bits per heavy atom. The molecule has 0 amide bonds. The number of hydrogen-bond donors (Lipinski definition) is 1. The molecule has 0 aromatic carbocycles. The second kappa shape index (κ2) is 4.79. The Morgan fingerprint density at radius 1 is 1.29 bits per heavy atom. The summed E-state index contributed by atoms with van der Waals surface area (Å²) in [6.07, 6.45) is 13.3. The Kier molecular flexibility index (Phi) is 3.24. The summed E-state index contributed by atoms with van der Waals surface area (Å²) < 4.78 is 1.06. The molecular weight excluding hydrogens is 324 g/mol. The third-order valence-corrected chi connectivity index (χ3v) is 6.84. The molecule has 3 unspecified atom stereocenters. The minimum Gasteiger partial charge on any atom is -0.327 e. The second-order valence-corrected chi connectivity index (χ2v) is 9.37. The molecule has 5 rings (SSSR count). The molecule has 2 N–H and O–H groups in total. The Morgan fingerprint density at radius 3 is 2.62 bits per heavy atom. The van der Waals surface area contributed by atoms with Crippen LogP contribution in [0.2, 0.25) is 0 Å². The van der Waals surface area contributed by atoms with E-state index in [2.05, 4.69) is 33.9 Å². The fourth-order valence-corrected chi connectivity index (χ4v) is 6.68. The maximum absolute atomic E-state index is 6.77. The fraction of sp³-hybridized carbons (Fsp3) is 0.722. The molecule has 3 heteroatoms. The van der Waals surface area contributed by atoms with E-state index in [0.29, 0.717) is 16.9 Å². The van der Waals surface area contributed by atoms with Crippen LogP contribution in [0.1, 0.15) is 51.0 Å². The molecule has 114 valence electrons. The Balaban J connectivity index is 1.57. The van der Waals surface area contributed by atoms with Gasteiger partial charge in [-0.15, -0.1) is 0 Å². The van der Waals surface area contributed by atoms with Gasteiger partial charge in [-0.3, -0.25) is 4.98 Å². The van der Waals surface area contributed by atoms with Crippen LogP contribution >= 0.6 is 15.9 Å². The van der Waals surface area contributed by atoms with Gasteiger partial charge < -0.3 is 5.73 Å². The molecule has 1 heterocycles. The number of hydrogen-bond acceptors (Lipinski definition) is 2. The fourth-order valence-electron chi connectivity index (χ4n) is 6.27. The van der Waals surface area contributed by atoms with Gasteiger partial charge in [-0.05, 0) is 95.2 Å². The standard InChI is InChI=1S/C18H25BrN2/c1-17-5-13-2-14(6-17)8-18(7-13,11-17)16(20)4-12-3-15(19)10-21-9-12/h3,9-10,13-14,16H,2,4-8,11,20H2,1H3. The molecule has 1 aromatic heterocycles. The number of pyridine rings is 1. The van der Waals surface area contributed by atoms with Crippen molar-refractivity contribution in [3.8, 4) is 0 Å². The minimum absolute atomic E-state index is 0.291. The first-order chi connectivity index (χ1) is 9.96. The Labute approximate surface area is 136 Å². The van der Waals surface area contributed by atoms with Crippen molar-refractivity contribution in [1.82, 2.24) is 4.98 Å². The van der Waals surface area contributed by atoms with Gasteiger partial charge >= 0.3 is 0 Å². The smallest absolute Gasteiger partial charge is 0.0410 e. The lowest BCUT2D eigenvalue weighted by atomic mass is 9.43. The van der Waals surface area contributed by atoms with Crippen LogP contribution in [0.4, 0.5) is 0 Å². The van der Waals surface area contributed by atoms with Gasteiger partial charge in [-0.1, -0.05) is 6.92 Å². The van der Waals surface area contributed by atoms with Crippen LogP contribution in [0.15, 0.2) is 22.9 Å². The maximum atomic E-state index is 6.77. The van der Waals surface area contributed by atoms with Crippen LogP contribution in [-0.4, -0.2) is 11.0 Å². The van der Waals surface area contributed by atoms with Crippen LogP contribution in [-0.2, 0) is 6.42 Å². The van der Waals surface area contributed by atoms with Crippen molar-refractivity contribution < 1.29 is 0 Å². The summed E-state index contributed by atoms with van der Waals surface area (Å²) in [6, 6.07) is 2.47. The van der Waals surface area contributed by atoms with Gasteiger partial charge in [0.1, 0.15) is 0 Å². The van der Waals surface area contributed by atoms with E-state index in [1.165, 1.54) is 44.1 Å². The second-order valence-electron chi connectivity index (χ2n) is 8.46. The van der Waals surface area contributed by atoms with E-state index in [0.717, 1.165) is 22.7 Å². The molecular formula is C18H25BrN2. The zero-order valence-corrected chi connectivity index (χ0v) is 14.4. The average Bonchev–Trinajstić information content (AvgIpc) is 2.35. The van der Waals surface area contributed by atoms with E-state index in [1.807, 2.05) is 12.4 Å². The average molecular weight is 349 g/mol. The molecule has 0 aliphatic heterocycles. The summed E-state index contributed by atoms with van der Waals surface area (Å²) in [4.78, 5) is 4.29. The first-order valence-corrected chi connectivity index (χ1v) is 9.11. The third kappa shape index (κ3) is 2.46. The van der Waals surface area contributed by atoms with Crippen molar-refractivity contribution in [1.29, 1.82) is 0 Å². The largest absolute Gasteiger partial charge is 0.327 e. The topological polar surface area (TPSA) is 38.9 Å². The predicted molar refractivity (Wildman–Crippen MR) is 88.8 cm³/mol. The van der Waals surface area contributed by atoms with Crippen LogP contribution in [0.3, 0.4) is 0 Å². The van der Waals surface area contributed by atoms with Gasteiger partial charge in [0, 0.05) is 22.9 Å². The summed E-state index contributed by atoms with van der Waals surface area (Å²) in [7, 11) is 0. The Bertz CT molecular complexity index is 542. The van der Waals surface area contributed by atoms with Crippen molar-refractivity contribution in [3.05, 3.63) is 28.5 Å². The van der Waals surface area contributed by atoms with Crippen molar-refractivity contribution in [2.45, 2.75) is 57.9 Å². The summed E-state index contributed by atoms with van der Waals surface area (Å²) in [5.74, 6) is 1.89. The Hall–Kier alpha value is -0.410. The molecule has 0 spiro atoms. The van der Waals surface area contributed by atoms with E-state index >= 15 is 0 Å². The third-order valence-electron chi connectivity index (χ3n) is 6.40. The normalized spacial score (nSPS) is 42.2. The van der Waals surface area contributed by atoms with Gasteiger partial charge in [0.2, 0.25) is 0 Å². The summed E-state index contributed by atoms with van der Waals surface area (Å²) >= 11 is 3.52. The van der Waals surface area contributed by atoms with E-state index in [-0.39, 0.29) is 0 Å². The van der Waals surface area contributed by atoms with Crippen LogP contribution in [0.5, 0.6) is 0 Å². The molecule has 1 aromatic rings. The molecule has 2 nitrogen and oxygen atoms in total. The molecule has 3 atom stereocenters. The van der Waals surface area contributed by atoms with Gasteiger partial charge in [0.05, 0.1) is 0 Å². The van der Waals surface area contributed by atoms with Crippen molar-refractivity contribution >= 4 is 15.9 Å². The highest BCUT2D eigenvalue weighted by molar-refractivity contribution is 9.10. The van der Waals surface area contributed by atoms with Crippen molar-refractivity contribution in [2.75, 3.05) is 0 Å². The quantitative estimate of drug-likeness (QED) is 0.883. The molecule has 4 aliphatic carbocycles. The molecule has 0 saturated heterocycles. The monoisotopic (exact) mass is 348 g/mol. The number of halogens is 1. The van der Waals surface area contributed by atoms with E-state index < -0.39 is 0 Å². The number of rotatable bonds is 3. The number of aromatic nitrogens is 1. The lowest BCUT2D eigenvalue weighted by Gasteiger charge is -2.63. The van der Waals surface area contributed by atoms with Crippen molar-refractivity contribution in [2.24, 2.45) is 28.4 Å². The molecule has 4 saturated carbocycles. The van der Waals surface area contributed by atoms with Gasteiger partial charge in [0.15, 0.2) is 0 Å². The van der Waals surface area contributed by atoms with E-state index in [1.54, 1.807) is 0 Å². The molecule has 21 heavy (non-hydrogen) atoms. The highest BCUT2D eigenvalue weighted by atomic mass is 79.9. The van der Waals surface area contributed by atoms with Gasteiger partial charge in [0.25, 0.3) is 0 Å². The number of nitrogens with zero attached hydrogens (tertiary/aromatic N) is 1. The first kappa shape index (κ1) is 14.2. The summed E-state index contributed by atoms with van der Waals surface area (Å²) in [5.41, 5.74) is 9.03. The zero-order valence-electron chi connectivity index (χ0n) is 12.8. The van der Waals surface area contributed by atoms with E-state index in [4.69, 9.17) is 5.73 Å². The lowest BCUT2D eigenvalue weighted by Crippen LogP contribution is -2.58. The highest BCUT2D eigenvalue weighted by Gasteiger charge is 2.57. The van der Waals surface area contributed by atoms with Crippen LogP contribution in [0.25, 0.3) is 0 Å². The molecule has 4 bridgehead atoms. The van der Waals surface area contributed by atoms with E-state index in [9.17, 15) is 0 Å². The maximum Gasteiger partial charge on any atom is 0.0410 e. The minimum atomic E-state index is 0.291. The predicted octanol–water partition coefficient (Wildman–Crippen LogP) is 4.32. The van der Waals surface area contributed by atoms with Crippen LogP contribution < -0.4 is 5.73 Å². The van der Waals surface area contributed by atoms with Gasteiger partial charge in [-0.25, -0.2) is 0 Å². The SMILES string of the molecule is CC12CC3CC(C1)CC(C(N)Cc1cncc(Br)c1)(C3)C2. The summed E-state index contributed by atoms with van der Waals surface area (Å²) in [5, 5.41) is 0.